The first-order chi connectivity index (χ1) is 14.4. The van der Waals surface area contributed by atoms with Crippen molar-refractivity contribution in [2.75, 3.05) is 30.4 Å². The number of amides is 1. The van der Waals surface area contributed by atoms with Crippen LogP contribution in [-0.4, -0.2) is 56.3 Å². The highest BCUT2D eigenvalue weighted by Gasteiger charge is 2.32. The predicted octanol–water partition coefficient (Wildman–Crippen LogP) is 1.65. The molecule has 0 radical (unpaired) electrons. The molecule has 3 aromatic rings. The van der Waals surface area contributed by atoms with Gasteiger partial charge in [-0.05, 0) is 18.9 Å². The van der Waals surface area contributed by atoms with Crippen molar-refractivity contribution in [2.24, 2.45) is 13.0 Å². The van der Waals surface area contributed by atoms with E-state index in [1.54, 1.807) is 11.8 Å². The Hall–Kier alpha value is -3.56. The summed E-state index contributed by atoms with van der Waals surface area (Å²) in [6, 6.07) is 0.0340. The van der Waals surface area contributed by atoms with Crippen LogP contribution in [0, 0.1) is 12.8 Å². The highest BCUT2D eigenvalue weighted by atomic mass is 16.5. The number of hydrogen-bond donors (Lipinski definition) is 2. The molecule has 2 atom stereocenters. The molecule has 0 aromatic carbocycles. The number of fused-ring (bicyclic) bond motifs is 1. The molecule has 30 heavy (non-hydrogen) atoms. The fraction of sp³-hybridized carbons (Fsp3) is 0.400. The van der Waals surface area contributed by atoms with E-state index >= 15 is 0 Å². The summed E-state index contributed by atoms with van der Waals surface area (Å²) in [4.78, 5) is 23.3. The van der Waals surface area contributed by atoms with Crippen LogP contribution in [0.5, 0.6) is 5.88 Å². The zero-order chi connectivity index (χ0) is 21.4. The maximum Gasteiger partial charge on any atom is 0.256 e. The van der Waals surface area contributed by atoms with Crippen molar-refractivity contribution < 1.29 is 9.53 Å². The number of imidazole rings is 1. The minimum Gasteiger partial charge on any atom is -0.478 e. The molecule has 0 bridgehead atoms. The number of aromatic nitrogens is 5. The number of anilines is 3. The summed E-state index contributed by atoms with van der Waals surface area (Å²) in [5.41, 5.74) is 2.42. The van der Waals surface area contributed by atoms with E-state index in [2.05, 4.69) is 39.1 Å². The SMILES string of the molecule is C=CC(=O)NC1CN(c2cn3c(C)cnc3c(Nc3cn(C)nc3OC)n2)CC1C. The lowest BCUT2D eigenvalue weighted by Gasteiger charge is -2.19. The summed E-state index contributed by atoms with van der Waals surface area (Å²) in [7, 11) is 3.41. The van der Waals surface area contributed by atoms with Crippen LogP contribution in [0.2, 0.25) is 0 Å². The van der Waals surface area contributed by atoms with Crippen LogP contribution >= 0.6 is 0 Å². The van der Waals surface area contributed by atoms with Crippen molar-refractivity contribution >= 4 is 28.9 Å². The van der Waals surface area contributed by atoms with Crippen LogP contribution in [0.4, 0.5) is 17.3 Å². The van der Waals surface area contributed by atoms with Crippen LogP contribution in [0.15, 0.2) is 31.2 Å². The van der Waals surface area contributed by atoms with Gasteiger partial charge in [0.2, 0.25) is 5.91 Å². The van der Waals surface area contributed by atoms with Gasteiger partial charge in [-0.15, -0.1) is 5.10 Å². The number of carbonyl (C=O) groups is 1. The third-order valence-corrected chi connectivity index (χ3v) is 5.36. The summed E-state index contributed by atoms with van der Waals surface area (Å²) < 4.78 is 9.04. The van der Waals surface area contributed by atoms with Gasteiger partial charge in [0.1, 0.15) is 11.5 Å². The van der Waals surface area contributed by atoms with E-state index in [1.165, 1.54) is 6.08 Å². The Morgan fingerprint density at radius 1 is 1.37 bits per heavy atom. The summed E-state index contributed by atoms with van der Waals surface area (Å²) in [5, 5.41) is 10.6. The first-order valence-electron chi connectivity index (χ1n) is 9.76. The molecule has 1 amide bonds. The van der Waals surface area contributed by atoms with Gasteiger partial charge in [0.25, 0.3) is 5.88 Å². The maximum atomic E-state index is 11.8. The fourth-order valence-corrected chi connectivity index (χ4v) is 3.74. The predicted molar refractivity (Wildman–Crippen MR) is 114 cm³/mol. The van der Waals surface area contributed by atoms with Crippen molar-refractivity contribution in [1.82, 2.24) is 29.5 Å². The van der Waals surface area contributed by atoms with Gasteiger partial charge in [0, 0.05) is 32.0 Å². The summed E-state index contributed by atoms with van der Waals surface area (Å²) >= 11 is 0. The minimum atomic E-state index is -0.159. The number of nitrogens with zero attached hydrogens (tertiary/aromatic N) is 6. The molecule has 3 aromatic heterocycles. The Labute approximate surface area is 174 Å². The number of hydrogen-bond acceptors (Lipinski definition) is 7. The summed E-state index contributed by atoms with van der Waals surface area (Å²) in [6.07, 6.45) is 6.93. The smallest absolute Gasteiger partial charge is 0.256 e. The molecule has 1 fully saturated rings. The van der Waals surface area contributed by atoms with Gasteiger partial charge < -0.3 is 20.3 Å². The lowest BCUT2D eigenvalue weighted by atomic mass is 10.1. The number of ether oxygens (including phenoxy) is 1. The van der Waals surface area contributed by atoms with E-state index in [1.807, 2.05) is 37.0 Å². The normalized spacial score (nSPS) is 18.6. The van der Waals surface area contributed by atoms with E-state index in [-0.39, 0.29) is 17.9 Å². The molecule has 2 N–H and O–H groups in total. The molecule has 1 saturated heterocycles. The molecule has 1 aliphatic rings. The van der Waals surface area contributed by atoms with Gasteiger partial charge >= 0.3 is 0 Å². The van der Waals surface area contributed by atoms with Crippen LogP contribution in [-0.2, 0) is 11.8 Å². The molecule has 158 valence electrons. The second-order valence-electron chi connectivity index (χ2n) is 7.59. The molecule has 0 aliphatic carbocycles. The molecule has 0 spiro atoms. The largest absolute Gasteiger partial charge is 0.478 e. The van der Waals surface area contributed by atoms with Crippen molar-refractivity contribution in [2.45, 2.75) is 19.9 Å². The molecule has 4 rings (SSSR count). The Morgan fingerprint density at radius 3 is 2.90 bits per heavy atom. The number of nitrogens with one attached hydrogen (secondary N) is 2. The third-order valence-electron chi connectivity index (χ3n) is 5.36. The van der Waals surface area contributed by atoms with E-state index in [0.29, 0.717) is 29.6 Å². The number of aryl methyl sites for hydroxylation is 2. The molecule has 2 unspecified atom stereocenters. The first kappa shape index (κ1) is 19.7. The highest BCUT2D eigenvalue weighted by molar-refractivity contribution is 5.87. The van der Waals surface area contributed by atoms with Crippen LogP contribution < -0.4 is 20.3 Å². The van der Waals surface area contributed by atoms with Crippen molar-refractivity contribution in [3.05, 3.63) is 36.9 Å². The van der Waals surface area contributed by atoms with E-state index < -0.39 is 0 Å². The zero-order valence-electron chi connectivity index (χ0n) is 17.6. The fourth-order valence-electron chi connectivity index (χ4n) is 3.74. The molecule has 10 heteroatoms. The molecular weight excluding hydrogens is 384 g/mol. The maximum absolute atomic E-state index is 11.8. The molecule has 4 heterocycles. The monoisotopic (exact) mass is 410 g/mol. The van der Waals surface area contributed by atoms with Crippen molar-refractivity contribution in [3.8, 4) is 5.88 Å². The van der Waals surface area contributed by atoms with Gasteiger partial charge in [0.05, 0.1) is 25.5 Å². The number of carbonyl (C=O) groups excluding carboxylic acids is 1. The second-order valence-corrected chi connectivity index (χ2v) is 7.59. The van der Waals surface area contributed by atoms with E-state index in [4.69, 9.17) is 9.72 Å². The Bertz CT molecular complexity index is 1100. The second kappa shape index (κ2) is 7.69. The number of methoxy groups -OCH3 is 1. The van der Waals surface area contributed by atoms with Gasteiger partial charge in [-0.1, -0.05) is 13.5 Å². The quantitative estimate of drug-likeness (QED) is 0.596. The Kier molecular flexibility index (Phi) is 5.06. The molecule has 1 aliphatic heterocycles. The first-order valence-corrected chi connectivity index (χ1v) is 9.76. The Morgan fingerprint density at radius 2 is 2.17 bits per heavy atom. The highest BCUT2D eigenvalue weighted by Crippen LogP contribution is 2.30. The topological polar surface area (TPSA) is 102 Å². The Balaban J connectivity index is 1.69. The standard InChI is InChI=1S/C20H26N8O2/c1-6-17(29)22-14-10-27(8-12(14)2)16-11-28-13(3)7-21-19(28)18(24-16)23-15-9-26(4)25-20(15)30-5/h6-7,9,11-12,14H,1,8,10H2,2-5H3,(H,22,29)(H,23,24). The van der Waals surface area contributed by atoms with Crippen molar-refractivity contribution in [1.29, 1.82) is 0 Å². The summed E-state index contributed by atoms with van der Waals surface area (Å²) in [6.45, 7) is 9.11. The average molecular weight is 410 g/mol. The van der Waals surface area contributed by atoms with Gasteiger partial charge in [-0.25, -0.2) is 9.97 Å². The average Bonchev–Trinajstić information content (AvgIpc) is 3.39. The van der Waals surface area contributed by atoms with Gasteiger partial charge in [-0.2, -0.15) is 0 Å². The number of rotatable bonds is 6. The van der Waals surface area contributed by atoms with Gasteiger partial charge in [0.15, 0.2) is 11.5 Å². The minimum absolute atomic E-state index is 0.0340. The van der Waals surface area contributed by atoms with Crippen LogP contribution in [0.1, 0.15) is 12.6 Å². The van der Waals surface area contributed by atoms with E-state index in [0.717, 1.165) is 18.1 Å². The van der Waals surface area contributed by atoms with Crippen LogP contribution in [0.25, 0.3) is 5.65 Å². The summed E-state index contributed by atoms with van der Waals surface area (Å²) in [5.74, 6) is 2.01. The van der Waals surface area contributed by atoms with Crippen LogP contribution in [0.3, 0.4) is 0 Å². The zero-order valence-corrected chi connectivity index (χ0v) is 17.6. The third kappa shape index (κ3) is 3.56. The molecular formula is C20H26N8O2. The van der Waals surface area contributed by atoms with Gasteiger partial charge in [-0.3, -0.25) is 13.9 Å². The van der Waals surface area contributed by atoms with E-state index in [9.17, 15) is 4.79 Å². The molecule has 0 saturated carbocycles. The molecule has 10 nitrogen and oxygen atoms in total. The lowest BCUT2D eigenvalue weighted by Crippen LogP contribution is -2.39. The van der Waals surface area contributed by atoms with Crippen molar-refractivity contribution in [3.63, 3.8) is 0 Å². The lowest BCUT2D eigenvalue weighted by molar-refractivity contribution is -0.117.